The van der Waals surface area contributed by atoms with Crippen LogP contribution in [0.1, 0.15) is 31.7 Å². The van der Waals surface area contributed by atoms with Crippen LogP contribution in [0.4, 0.5) is 5.69 Å². The highest BCUT2D eigenvalue weighted by molar-refractivity contribution is 9.10. The number of amides is 1. The fraction of sp³-hybridized carbons (Fsp3) is 0.533. The molecule has 0 aliphatic rings. The zero-order valence-corrected chi connectivity index (χ0v) is 15.6. The maximum atomic E-state index is 12.1. The molecule has 1 N–H and O–H groups in total. The van der Waals surface area contributed by atoms with E-state index in [2.05, 4.69) is 21.2 Å². The van der Waals surface area contributed by atoms with Crippen LogP contribution in [0, 0.1) is 6.92 Å². The Morgan fingerprint density at radius 3 is 2.55 bits per heavy atom. The third-order valence-corrected chi connectivity index (χ3v) is 5.38. The van der Waals surface area contributed by atoms with Gasteiger partial charge in [0.15, 0.2) is 0 Å². The molecule has 0 radical (unpaired) electrons. The summed E-state index contributed by atoms with van der Waals surface area (Å²) in [6, 6.07) is 5.46. The maximum absolute atomic E-state index is 12.1. The Hall–Kier alpha value is -0.920. The van der Waals surface area contributed by atoms with Gasteiger partial charge in [-0.1, -0.05) is 35.7 Å². The second-order valence-corrected chi connectivity index (χ2v) is 8.15. The van der Waals surface area contributed by atoms with Crippen molar-refractivity contribution in [3.63, 3.8) is 0 Å². The summed E-state index contributed by atoms with van der Waals surface area (Å²) in [4.78, 5) is 12.1. The molecule has 7 heteroatoms. The molecule has 0 atom stereocenters. The van der Waals surface area contributed by atoms with Crippen LogP contribution in [0.5, 0.6) is 0 Å². The van der Waals surface area contributed by atoms with Crippen LogP contribution in [-0.2, 0) is 14.8 Å². The van der Waals surface area contributed by atoms with Crippen molar-refractivity contribution in [3.05, 3.63) is 28.2 Å². The van der Waals surface area contributed by atoms with Crippen LogP contribution in [0.25, 0.3) is 0 Å². The van der Waals surface area contributed by atoms with Gasteiger partial charge in [0.1, 0.15) is 0 Å². The van der Waals surface area contributed by atoms with Gasteiger partial charge in [0.2, 0.25) is 15.9 Å². The molecular formula is C15H23BrN2O3S. The molecule has 0 spiro atoms. The number of anilines is 1. The summed E-state index contributed by atoms with van der Waals surface area (Å²) in [7, 11) is -3.38. The number of hydrogen-bond acceptors (Lipinski definition) is 3. The molecule has 0 unspecified atom stereocenters. The molecule has 1 aromatic carbocycles. The van der Waals surface area contributed by atoms with Gasteiger partial charge in [0.25, 0.3) is 0 Å². The maximum Gasteiger partial charge on any atom is 0.239 e. The zero-order chi connectivity index (χ0) is 16.8. The van der Waals surface area contributed by atoms with Crippen LogP contribution in [0.3, 0.4) is 0 Å². The monoisotopic (exact) mass is 390 g/mol. The zero-order valence-electron chi connectivity index (χ0n) is 13.2. The summed E-state index contributed by atoms with van der Waals surface area (Å²) in [5.41, 5.74) is 1.66. The summed E-state index contributed by atoms with van der Waals surface area (Å²) in [6.07, 6.45) is 3.84. The first-order valence-electron chi connectivity index (χ1n) is 7.25. The molecule has 0 fully saturated rings. The van der Waals surface area contributed by atoms with Gasteiger partial charge in [-0.25, -0.2) is 8.42 Å². The average molecular weight is 391 g/mol. The minimum Gasteiger partial charge on any atom is -0.325 e. The quantitative estimate of drug-likeness (QED) is 0.693. The van der Waals surface area contributed by atoms with Crippen LogP contribution in [-0.4, -0.2) is 38.0 Å². The van der Waals surface area contributed by atoms with Crippen molar-refractivity contribution in [2.75, 3.05) is 24.7 Å². The Morgan fingerprint density at radius 2 is 2.00 bits per heavy atom. The normalized spacial score (nSPS) is 11.7. The van der Waals surface area contributed by atoms with E-state index in [0.717, 1.165) is 35.6 Å². The van der Waals surface area contributed by atoms with Crippen LogP contribution in [0.15, 0.2) is 22.7 Å². The van der Waals surface area contributed by atoms with Crippen LogP contribution < -0.4 is 5.32 Å². The van der Waals surface area contributed by atoms with Gasteiger partial charge in [-0.15, -0.1) is 0 Å². The lowest BCUT2D eigenvalue weighted by Crippen LogP contribution is -2.38. The van der Waals surface area contributed by atoms with Crippen molar-refractivity contribution in [1.29, 1.82) is 0 Å². The third-order valence-electron chi connectivity index (χ3n) is 3.24. The molecule has 0 saturated heterocycles. The van der Waals surface area contributed by atoms with E-state index in [1.165, 1.54) is 4.31 Å². The summed E-state index contributed by atoms with van der Waals surface area (Å²) >= 11 is 3.40. The summed E-state index contributed by atoms with van der Waals surface area (Å²) < 4.78 is 25.7. The van der Waals surface area contributed by atoms with E-state index in [-0.39, 0.29) is 12.5 Å². The molecule has 124 valence electrons. The Labute approximate surface area is 141 Å². The van der Waals surface area contributed by atoms with Crippen molar-refractivity contribution in [2.24, 2.45) is 0 Å². The minimum absolute atomic E-state index is 0.155. The lowest BCUT2D eigenvalue weighted by molar-refractivity contribution is -0.116. The number of carbonyl (C=O) groups is 1. The van der Waals surface area contributed by atoms with E-state index in [0.29, 0.717) is 12.2 Å². The van der Waals surface area contributed by atoms with Gasteiger partial charge in [-0.2, -0.15) is 4.31 Å². The topological polar surface area (TPSA) is 66.5 Å². The van der Waals surface area contributed by atoms with Crippen LogP contribution >= 0.6 is 15.9 Å². The second kappa shape index (κ2) is 8.64. The fourth-order valence-electron chi connectivity index (χ4n) is 1.98. The molecule has 0 saturated carbocycles. The highest BCUT2D eigenvalue weighted by Crippen LogP contribution is 2.20. The van der Waals surface area contributed by atoms with Crippen molar-refractivity contribution in [1.82, 2.24) is 4.31 Å². The van der Waals surface area contributed by atoms with Crippen molar-refractivity contribution in [3.8, 4) is 0 Å². The van der Waals surface area contributed by atoms with Gasteiger partial charge in [-0.05, 0) is 37.1 Å². The smallest absolute Gasteiger partial charge is 0.239 e. The number of carbonyl (C=O) groups excluding carboxylic acids is 1. The van der Waals surface area contributed by atoms with Crippen molar-refractivity contribution < 1.29 is 13.2 Å². The third kappa shape index (κ3) is 6.46. The molecule has 1 aromatic rings. The predicted molar refractivity (Wildman–Crippen MR) is 93.5 cm³/mol. The molecule has 1 rings (SSSR count). The lowest BCUT2D eigenvalue weighted by atomic mass is 10.2. The van der Waals surface area contributed by atoms with Crippen LogP contribution in [0.2, 0.25) is 0 Å². The van der Waals surface area contributed by atoms with E-state index in [4.69, 9.17) is 0 Å². The average Bonchev–Trinajstić information content (AvgIpc) is 2.41. The van der Waals surface area contributed by atoms with Gasteiger partial charge in [0.05, 0.1) is 12.8 Å². The standard InChI is InChI=1S/C15H23BrN2O3S/c1-4-5-6-9-18(22(3,20)21)11-15(19)17-13-7-8-14(16)12(2)10-13/h7-8,10H,4-6,9,11H2,1-3H3,(H,17,19). The Kier molecular flexibility index (Phi) is 7.52. The number of halogens is 1. The Balaban J connectivity index is 2.68. The molecule has 1 amide bonds. The number of unbranched alkanes of at least 4 members (excludes halogenated alkanes) is 2. The first-order chi connectivity index (χ1) is 10.2. The number of aryl methyl sites for hydroxylation is 1. The van der Waals surface area contributed by atoms with E-state index in [1.54, 1.807) is 6.07 Å². The second-order valence-electron chi connectivity index (χ2n) is 5.32. The molecule has 0 aliphatic carbocycles. The number of hydrogen-bond donors (Lipinski definition) is 1. The van der Waals surface area contributed by atoms with Gasteiger partial charge in [-0.3, -0.25) is 4.79 Å². The fourth-order valence-corrected chi connectivity index (χ4v) is 3.04. The first-order valence-corrected chi connectivity index (χ1v) is 9.89. The highest BCUT2D eigenvalue weighted by Gasteiger charge is 2.19. The van der Waals surface area contributed by atoms with E-state index >= 15 is 0 Å². The Morgan fingerprint density at radius 1 is 1.32 bits per heavy atom. The van der Waals surface area contributed by atoms with Crippen molar-refractivity contribution in [2.45, 2.75) is 33.1 Å². The SMILES string of the molecule is CCCCCN(CC(=O)Nc1ccc(Br)c(C)c1)S(C)(=O)=O. The minimum atomic E-state index is -3.38. The van der Waals surface area contributed by atoms with Crippen molar-refractivity contribution >= 4 is 37.5 Å². The first kappa shape index (κ1) is 19.1. The van der Waals surface area contributed by atoms with E-state index < -0.39 is 10.0 Å². The van der Waals surface area contributed by atoms with E-state index in [1.807, 2.05) is 26.0 Å². The van der Waals surface area contributed by atoms with E-state index in [9.17, 15) is 13.2 Å². The number of sulfonamides is 1. The largest absolute Gasteiger partial charge is 0.325 e. The summed E-state index contributed by atoms with van der Waals surface area (Å²) in [5, 5.41) is 2.74. The van der Waals surface area contributed by atoms with Gasteiger partial charge < -0.3 is 5.32 Å². The molecule has 0 aromatic heterocycles. The molecule has 0 aliphatic heterocycles. The molecular weight excluding hydrogens is 368 g/mol. The number of rotatable bonds is 8. The summed E-state index contributed by atoms with van der Waals surface area (Å²) in [6.45, 7) is 4.19. The van der Waals surface area contributed by atoms with Gasteiger partial charge in [0, 0.05) is 16.7 Å². The predicted octanol–water partition coefficient (Wildman–Crippen LogP) is 3.15. The highest BCUT2D eigenvalue weighted by atomic mass is 79.9. The number of benzene rings is 1. The molecule has 5 nitrogen and oxygen atoms in total. The number of nitrogens with one attached hydrogen (secondary N) is 1. The lowest BCUT2D eigenvalue weighted by Gasteiger charge is -2.19. The molecule has 0 heterocycles. The molecule has 0 bridgehead atoms. The summed E-state index contributed by atoms with van der Waals surface area (Å²) in [5.74, 6) is -0.330. The number of nitrogens with zero attached hydrogens (tertiary/aromatic N) is 1. The van der Waals surface area contributed by atoms with Gasteiger partial charge >= 0.3 is 0 Å². The Bertz CT molecular complexity index is 617. The molecule has 22 heavy (non-hydrogen) atoms.